The molecule has 1 aromatic carbocycles. The van der Waals surface area contributed by atoms with Gasteiger partial charge < -0.3 is 9.64 Å². The predicted octanol–water partition coefficient (Wildman–Crippen LogP) is 2.07. The lowest BCUT2D eigenvalue weighted by atomic mass is 10.1. The van der Waals surface area contributed by atoms with E-state index in [-0.39, 0.29) is 24.2 Å². The summed E-state index contributed by atoms with van der Waals surface area (Å²) >= 11 is 0. The molecular formula is C17H24N2O2. The van der Waals surface area contributed by atoms with Gasteiger partial charge in [-0.1, -0.05) is 18.2 Å². The Morgan fingerprint density at radius 2 is 1.90 bits per heavy atom. The van der Waals surface area contributed by atoms with Crippen LogP contribution in [0.5, 0.6) is 0 Å². The van der Waals surface area contributed by atoms with Gasteiger partial charge in [0.25, 0.3) is 0 Å². The fourth-order valence-electron chi connectivity index (χ4n) is 3.48. The third-order valence-electron chi connectivity index (χ3n) is 4.51. The Kier molecular flexibility index (Phi) is 4.00. The summed E-state index contributed by atoms with van der Waals surface area (Å²) in [5.74, 6) is 0.209. The Bertz CT molecular complexity index is 521. The van der Waals surface area contributed by atoms with E-state index >= 15 is 0 Å². The van der Waals surface area contributed by atoms with Gasteiger partial charge in [-0.2, -0.15) is 0 Å². The first-order chi connectivity index (χ1) is 10.1. The molecule has 0 saturated carbocycles. The lowest BCUT2D eigenvalue weighted by Crippen LogP contribution is -2.54. The number of benzene rings is 1. The number of ether oxygens (including phenoxy) is 1. The second-order valence-corrected chi connectivity index (χ2v) is 6.26. The predicted molar refractivity (Wildman–Crippen MR) is 83.5 cm³/mol. The summed E-state index contributed by atoms with van der Waals surface area (Å²) in [6.07, 6.45) is 1.34. The van der Waals surface area contributed by atoms with Gasteiger partial charge in [-0.3, -0.25) is 9.69 Å². The minimum Gasteiger partial charge on any atom is -0.373 e. The maximum atomic E-state index is 12.9. The molecule has 0 unspecified atom stereocenters. The van der Waals surface area contributed by atoms with Gasteiger partial charge in [0, 0.05) is 25.3 Å². The van der Waals surface area contributed by atoms with E-state index < -0.39 is 0 Å². The van der Waals surface area contributed by atoms with Crippen molar-refractivity contribution < 1.29 is 9.53 Å². The monoisotopic (exact) mass is 288 g/mol. The fraction of sp³-hybridized carbons (Fsp3) is 0.588. The van der Waals surface area contributed by atoms with Crippen LogP contribution < -0.4 is 4.90 Å². The van der Waals surface area contributed by atoms with Crippen LogP contribution in [0.15, 0.2) is 24.3 Å². The SMILES string of the molecule is C[C@@H]1CN([C@@H](C)C(=O)N2CCc3ccccc32)C[C@H](C)O1. The van der Waals surface area contributed by atoms with Gasteiger partial charge in [0.1, 0.15) is 0 Å². The van der Waals surface area contributed by atoms with Crippen LogP contribution in [0.3, 0.4) is 0 Å². The van der Waals surface area contributed by atoms with Crippen LogP contribution in [0.4, 0.5) is 5.69 Å². The Hall–Kier alpha value is -1.39. The van der Waals surface area contributed by atoms with Crippen LogP contribution in [0.25, 0.3) is 0 Å². The number of fused-ring (bicyclic) bond motifs is 1. The van der Waals surface area contributed by atoms with Crippen LogP contribution in [-0.4, -0.2) is 48.7 Å². The Labute approximate surface area is 126 Å². The van der Waals surface area contributed by atoms with Crippen LogP contribution in [0.2, 0.25) is 0 Å². The first-order valence-electron chi connectivity index (χ1n) is 7.85. The molecule has 2 heterocycles. The van der Waals surface area contributed by atoms with E-state index in [1.807, 2.05) is 24.0 Å². The Balaban J connectivity index is 1.74. The van der Waals surface area contributed by atoms with Gasteiger partial charge in [0.15, 0.2) is 0 Å². The molecule has 1 amide bonds. The highest BCUT2D eigenvalue weighted by Gasteiger charge is 2.34. The maximum absolute atomic E-state index is 12.9. The van der Waals surface area contributed by atoms with Gasteiger partial charge in [0.05, 0.1) is 18.2 Å². The van der Waals surface area contributed by atoms with Gasteiger partial charge in [-0.25, -0.2) is 0 Å². The summed E-state index contributed by atoms with van der Waals surface area (Å²) in [5.41, 5.74) is 2.37. The largest absolute Gasteiger partial charge is 0.373 e. The van der Waals surface area contributed by atoms with Crippen molar-refractivity contribution in [1.29, 1.82) is 0 Å². The molecule has 2 aliphatic heterocycles. The van der Waals surface area contributed by atoms with Crippen molar-refractivity contribution in [2.24, 2.45) is 0 Å². The van der Waals surface area contributed by atoms with Gasteiger partial charge in [0.2, 0.25) is 5.91 Å². The minimum atomic E-state index is -0.0926. The first-order valence-corrected chi connectivity index (χ1v) is 7.85. The number of carbonyl (C=O) groups is 1. The molecule has 4 heteroatoms. The molecule has 2 aliphatic rings. The molecule has 0 aliphatic carbocycles. The Morgan fingerprint density at radius 1 is 1.24 bits per heavy atom. The van der Waals surface area contributed by atoms with E-state index in [0.29, 0.717) is 0 Å². The molecule has 1 aromatic rings. The van der Waals surface area contributed by atoms with E-state index in [2.05, 4.69) is 30.9 Å². The van der Waals surface area contributed by atoms with Crippen molar-refractivity contribution in [3.63, 3.8) is 0 Å². The fourth-order valence-corrected chi connectivity index (χ4v) is 3.48. The van der Waals surface area contributed by atoms with Crippen LogP contribution in [0, 0.1) is 0 Å². The van der Waals surface area contributed by atoms with Gasteiger partial charge >= 0.3 is 0 Å². The summed E-state index contributed by atoms with van der Waals surface area (Å²) < 4.78 is 5.76. The molecule has 3 rings (SSSR count). The minimum absolute atomic E-state index is 0.0926. The number of hydrogen-bond acceptors (Lipinski definition) is 3. The van der Waals surface area contributed by atoms with Gasteiger partial charge in [-0.05, 0) is 38.8 Å². The molecule has 114 valence electrons. The maximum Gasteiger partial charge on any atom is 0.244 e. The van der Waals surface area contributed by atoms with Crippen molar-refractivity contribution in [3.8, 4) is 0 Å². The van der Waals surface area contributed by atoms with E-state index in [4.69, 9.17) is 4.74 Å². The molecule has 1 fully saturated rings. The third-order valence-corrected chi connectivity index (χ3v) is 4.51. The zero-order chi connectivity index (χ0) is 15.0. The number of rotatable bonds is 2. The molecule has 0 spiro atoms. The molecule has 0 N–H and O–H groups in total. The normalized spacial score (nSPS) is 27.5. The first kappa shape index (κ1) is 14.5. The van der Waals surface area contributed by atoms with Crippen molar-refractivity contribution >= 4 is 11.6 Å². The number of carbonyl (C=O) groups excluding carboxylic acids is 1. The molecular weight excluding hydrogens is 264 g/mol. The van der Waals surface area contributed by atoms with Crippen molar-refractivity contribution in [2.75, 3.05) is 24.5 Å². The van der Waals surface area contributed by atoms with E-state index in [1.54, 1.807) is 0 Å². The lowest BCUT2D eigenvalue weighted by Gasteiger charge is -2.39. The summed E-state index contributed by atoms with van der Waals surface area (Å²) in [5, 5.41) is 0. The zero-order valence-electron chi connectivity index (χ0n) is 13.1. The molecule has 0 radical (unpaired) electrons. The number of para-hydroxylation sites is 1. The van der Waals surface area contributed by atoms with E-state index in [0.717, 1.165) is 31.7 Å². The molecule has 1 saturated heterocycles. The highest BCUT2D eigenvalue weighted by atomic mass is 16.5. The van der Waals surface area contributed by atoms with Crippen molar-refractivity contribution in [3.05, 3.63) is 29.8 Å². The molecule has 21 heavy (non-hydrogen) atoms. The second-order valence-electron chi connectivity index (χ2n) is 6.26. The lowest BCUT2D eigenvalue weighted by molar-refractivity contribution is -0.129. The Morgan fingerprint density at radius 3 is 2.62 bits per heavy atom. The summed E-state index contributed by atoms with van der Waals surface area (Å²) in [6, 6.07) is 8.13. The number of anilines is 1. The van der Waals surface area contributed by atoms with Crippen LogP contribution >= 0.6 is 0 Å². The highest BCUT2D eigenvalue weighted by molar-refractivity contribution is 5.98. The van der Waals surface area contributed by atoms with Crippen LogP contribution in [-0.2, 0) is 16.0 Å². The van der Waals surface area contributed by atoms with Crippen LogP contribution in [0.1, 0.15) is 26.3 Å². The summed E-state index contributed by atoms with van der Waals surface area (Å²) in [7, 11) is 0. The number of hydrogen-bond donors (Lipinski definition) is 0. The van der Waals surface area contributed by atoms with Crippen molar-refractivity contribution in [2.45, 2.75) is 45.4 Å². The molecule has 0 bridgehead atoms. The highest BCUT2D eigenvalue weighted by Crippen LogP contribution is 2.28. The van der Waals surface area contributed by atoms with E-state index in [9.17, 15) is 4.79 Å². The topological polar surface area (TPSA) is 32.8 Å². The zero-order valence-corrected chi connectivity index (χ0v) is 13.1. The molecule has 4 nitrogen and oxygen atoms in total. The number of nitrogens with zero attached hydrogens (tertiary/aromatic N) is 2. The van der Waals surface area contributed by atoms with E-state index in [1.165, 1.54) is 5.56 Å². The third kappa shape index (κ3) is 2.83. The summed E-state index contributed by atoms with van der Waals surface area (Å²) in [4.78, 5) is 17.1. The quantitative estimate of drug-likeness (QED) is 0.835. The molecule has 3 atom stereocenters. The average Bonchev–Trinajstić information content (AvgIpc) is 2.88. The van der Waals surface area contributed by atoms with Gasteiger partial charge in [-0.15, -0.1) is 0 Å². The standard InChI is InChI=1S/C17H24N2O2/c1-12-10-18(11-13(2)21-12)14(3)17(20)19-9-8-15-6-4-5-7-16(15)19/h4-7,12-14H,8-11H2,1-3H3/t12-,13+,14-/m0/s1. The number of amides is 1. The van der Waals surface area contributed by atoms with Crippen molar-refractivity contribution in [1.82, 2.24) is 4.90 Å². The molecule has 0 aromatic heterocycles. The second kappa shape index (κ2) is 5.78. The average molecular weight is 288 g/mol. The summed E-state index contributed by atoms with van der Waals surface area (Å²) in [6.45, 7) is 8.63. The smallest absolute Gasteiger partial charge is 0.244 e. The number of morpholine rings is 1.